The average molecular weight is 321 g/mol. The predicted octanol–water partition coefficient (Wildman–Crippen LogP) is 2.52. The number of carbonyl (C=O) groups is 1. The van der Waals surface area contributed by atoms with E-state index in [1.54, 1.807) is 0 Å². The summed E-state index contributed by atoms with van der Waals surface area (Å²) in [5.41, 5.74) is 4.75. The molecule has 2 aliphatic rings. The Labute approximate surface area is 143 Å². The maximum absolute atomic E-state index is 13.0. The first-order valence-electron chi connectivity index (χ1n) is 9.05. The van der Waals surface area contributed by atoms with Crippen LogP contribution in [0.5, 0.6) is 0 Å². The summed E-state index contributed by atoms with van der Waals surface area (Å²) in [6.07, 6.45) is 3.74. The van der Waals surface area contributed by atoms with Gasteiger partial charge in [-0.05, 0) is 43.4 Å². The summed E-state index contributed by atoms with van der Waals surface area (Å²) in [5, 5.41) is 3.17. The molecule has 0 bridgehead atoms. The number of hydrogen-bond donors (Lipinski definition) is 2. The van der Waals surface area contributed by atoms with Crippen molar-refractivity contribution in [1.29, 1.82) is 0 Å². The topological polar surface area (TPSA) is 33.5 Å². The fourth-order valence-electron chi connectivity index (χ4n) is 4.37. The molecule has 1 fully saturated rings. The van der Waals surface area contributed by atoms with Gasteiger partial charge >= 0.3 is 0 Å². The maximum atomic E-state index is 13.0. The molecule has 2 atom stereocenters. The predicted molar refractivity (Wildman–Crippen MR) is 96.4 cm³/mol. The van der Waals surface area contributed by atoms with Crippen LogP contribution < -0.4 is 10.2 Å². The Balaban J connectivity index is 1.83. The Morgan fingerprint density at radius 3 is 2.50 bits per heavy atom. The molecule has 124 valence electrons. The van der Waals surface area contributed by atoms with Crippen molar-refractivity contribution < 1.29 is 9.69 Å². The summed E-state index contributed by atoms with van der Waals surface area (Å²) in [5.74, 6) is 0.319. The van der Waals surface area contributed by atoms with E-state index < -0.39 is 0 Å². The van der Waals surface area contributed by atoms with Crippen LogP contribution in [0.3, 0.4) is 0 Å². The number of likely N-dealkylation sites (tertiary alicyclic amines) is 1. The Kier molecular flexibility index (Phi) is 4.11. The second kappa shape index (κ2) is 6.40. The van der Waals surface area contributed by atoms with Crippen molar-refractivity contribution in [3.63, 3.8) is 0 Å². The summed E-state index contributed by atoms with van der Waals surface area (Å²) >= 11 is 0. The highest BCUT2D eigenvalue weighted by Crippen LogP contribution is 2.37. The number of hydrogen-bond acceptors (Lipinski definition) is 1. The van der Waals surface area contributed by atoms with E-state index in [0.29, 0.717) is 0 Å². The summed E-state index contributed by atoms with van der Waals surface area (Å²) in [4.78, 5) is 14.4. The average Bonchev–Trinajstić information content (AvgIpc) is 2.62. The van der Waals surface area contributed by atoms with Crippen LogP contribution in [0.1, 0.15) is 41.9 Å². The molecule has 0 saturated carbocycles. The van der Waals surface area contributed by atoms with Crippen molar-refractivity contribution in [2.45, 2.75) is 38.1 Å². The molecule has 3 nitrogen and oxygen atoms in total. The third kappa shape index (κ3) is 2.73. The standard InChI is InChI=1S/C21H24N2O/c1-15-10-11-18-17(14-15)19(16-8-4-2-5-9-16)20(21(24)22-18)23-12-6-3-7-13-23/h2,4-5,8-11,14,19-20H,3,6-7,12-13H2,1H3,(H,22,24)/p+1/t19-,20-/m1/s1. The molecular formula is C21H25N2O+. The van der Waals surface area contributed by atoms with Gasteiger partial charge in [-0.25, -0.2) is 0 Å². The lowest BCUT2D eigenvalue weighted by molar-refractivity contribution is -0.921. The molecule has 1 saturated heterocycles. The molecule has 4 rings (SSSR count). The first kappa shape index (κ1) is 15.4. The van der Waals surface area contributed by atoms with Crippen LogP contribution in [-0.4, -0.2) is 25.0 Å². The van der Waals surface area contributed by atoms with E-state index in [-0.39, 0.29) is 17.9 Å². The molecular weight excluding hydrogens is 296 g/mol. The van der Waals surface area contributed by atoms with Crippen molar-refractivity contribution in [2.75, 3.05) is 18.4 Å². The second-order valence-corrected chi connectivity index (χ2v) is 7.16. The van der Waals surface area contributed by atoms with Crippen LogP contribution in [-0.2, 0) is 4.79 Å². The zero-order valence-electron chi connectivity index (χ0n) is 14.2. The van der Waals surface area contributed by atoms with Gasteiger partial charge in [0.2, 0.25) is 0 Å². The van der Waals surface area contributed by atoms with E-state index in [1.807, 2.05) is 6.07 Å². The van der Waals surface area contributed by atoms with Crippen molar-refractivity contribution in [3.05, 3.63) is 65.2 Å². The van der Waals surface area contributed by atoms with Crippen LogP contribution in [0, 0.1) is 6.92 Å². The summed E-state index contributed by atoms with van der Waals surface area (Å²) in [6, 6.07) is 16.9. The minimum Gasteiger partial charge on any atom is -0.324 e. The number of carbonyl (C=O) groups excluding carboxylic acids is 1. The first-order chi connectivity index (χ1) is 11.7. The Hall–Kier alpha value is -2.13. The zero-order valence-corrected chi connectivity index (χ0v) is 14.2. The van der Waals surface area contributed by atoms with E-state index >= 15 is 0 Å². The molecule has 2 heterocycles. The molecule has 0 spiro atoms. The molecule has 2 aromatic carbocycles. The fourth-order valence-corrected chi connectivity index (χ4v) is 4.37. The van der Waals surface area contributed by atoms with E-state index in [4.69, 9.17) is 0 Å². The number of aryl methyl sites for hydroxylation is 1. The summed E-state index contributed by atoms with van der Waals surface area (Å²) < 4.78 is 0. The highest BCUT2D eigenvalue weighted by atomic mass is 16.2. The number of amides is 1. The van der Waals surface area contributed by atoms with E-state index in [1.165, 1.54) is 40.9 Å². The lowest BCUT2D eigenvalue weighted by Gasteiger charge is -2.39. The van der Waals surface area contributed by atoms with E-state index in [0.717, 1.165) is 18.8 Å². The summed E-state index contributed by atoms with van der Waals surface area (Å²) in [7, 11) is 0. The van der Waals surface area contributed by atoms with Gasteiger partial charge < -0.3 is 10.2 Å². The van der Waals surface area contributed by atoms with Crippen molar-refractivity contribution >= 4 is 11.6 Å². The minimum atomic E-state index is -0.0259. The zero-order chi connectivity index (χ0) is 16.5. The fraction of sp³-hybridized carbons (Fsp3) is 0.381. The van der Waals surface area contributed by atoms with Gasteiger partial charge in [0, 0.05) is 5.69 Å². The molecule has 0 aliphatic carbocycles. The summed E-state index contributed by atoms with van der Waals surface area (Å²) in [6.45, 7) is 4.33. The maximum Gasteiger partial charge on any atom is 0.283 e. The van der Waals surface area contributed by atoms with Crippen LogP contribution >= 0.6 is 0 Å². The van der Waals surface area contributed by atoms with Gasteiger partial charge in [-0.15, -0.1) is 0 Å². The number of anilines is 1. The van der Waals surface area contributed by atoms with Crippen LogP contribution in [0.2, 0.25) is 0 Å². The third-order valence-electron chi connectivity index (χ3n) is 5.51. The van der Waals surface area contributed by atoms with Gasteiger partial charge in [0.05, 0.1) is 19.0 Å². The van der Waals surface area contributed by atoms with Gasteiger partial charge in [-0.1, -0.05) is 48.0 Å². The number of quaternary nitrogens is 1. The van der Waals surface area contributed by atoms with Crippen molar-refractivity contribution in [3.8, 4) is 0 Å². The normalized spacial score (nSPS) is 24.3. The van der Waals surface area contributed by atoms with Crippen LogP contribution in [0.15, 0.2) is 48.5 Å². The molecule has 0 aromatic heterocycles. The lowest BCUT2D eigenvalue weighted by atomic mass is 9.79. The Bertz CT molecular complexity index is 735. The molecule has 1 amide bonds. The molecule has 0 unspecified atom stereocenters. The monoisotopic (exact) mass is 321 g/mol. The smallest absolute Gasteiger partial charge is 0.283 e. The second-order valence-electron chi connectivity index (χ2n) is 7.16. The van der Waals surface area contributed by atoms with Gasteiger partial charge in [-0.3, -0.25) is 4.79 Å². The molecule has 24 heavy (non-hydrogen) atoms. The van der Waals surface area contributed by atoms with E-state index in [9.17, 15) is 4.79 Å². The SMILES string of the molecule is Cc1ccc2c(c1)[C@@H](c1ccccc1)[C@@H]([NH+]1CCCCC1)C(=O)N2. The van der Waals surface area contributed by atoms with Crippen LogP contribution in [0.4, 0.5) is 5.69 Å². The quantitative estimate of drug-likeness (QED) is 0.875. The third-order valence-corrected chi connectivity index (χ3v) is 5.51. The largest absolute Gasteiger partial charge is 0.324 e. The van der Waals surface area contributed by atoms with E-state index in [2.05, 4.69) is 54.7 Å². The van der Waals surface area contributed by atoms with Gasteiger partial charge in [0.1, 0.15) is 0 Å². The van der Waals surface area contributed by atoms with Crippen LogP contribution in [0.25, 0.3) is 0 Å². The minimum absolute atomic E-state index is 0.0259. The van der Waals surface area contributed by atoms with Gasteiger partial charge in [0.25, 0.3) is 5.91 Å². The highest BCUT2D eigenvalue weighted by Gasteiger charge is 2.43. The molecule has 2 aromatic rings. The Morgan fingerprint density at radius 2 is 1.75 bits per heavy atom. The Morgan fingerprint density at radius 1 is 1.00 bits per heavy atom. The molecule has 2 N–H and O–H groups in total. The number of fused-ring (bicyclic) bond motifs is 1. The van der Waals surface area contributed by atoms with Gasteiger partial charge in [0.15, 0.2) is 6.04 Å². The first-order valence-corrected chi connectivity index (χ1v) is 9.05. The number of benzene rings is 2. The highest BCUT2D eigenvalue weighted by molar-refractivity contribution is 5.98. The molecule has 3 heteroatoms. The number of piperidine rings is 1. The molecule has 0 radical (unpaired) electrons. The number of nitrogens with one attached hydrogen (secondary N) is 2. The van der Waals surface area contributed by atoms with Gasteiger partial charge in [-0.2, -0.15) is 0 Å². The number of rotatable bonds is 2. The lowest BCUT2D eigenvalue weighted by Crippen LogP contribution is -3.18. The van der Waals surface area contributed by atoms with Crippen molar-refractivity contribution in [1.82, 2.24) is 0 Å². The molecule has 2 aliphatic heterocycles. The van der Waals surface area contributed by atoms with Crippen molar-refractivity contribution in [2.24, 2.45) is 0 Å².